The molecule has 1 aromatic carbocycles. The van der Waals surface area contributed by atoms with Gasteiger partial charge in [-0.1, -0.05) is 18.2 Å². The van der Waals surface area contributed by atoms with Gasteiger partial charge in [-0.25, -0.2) is 0 Å². The monoisotopic (exact) mass is 255 g/mol. The van der Waals surface area contributed by atoms with Crippen LogP contribution in [0.4, 0.5) is 5.69 Å². The van der Waals surface area contributed by atoms with E-state index in [0.29, 0.717) is 12.2 Å². The van der Waals surface area contributed by atoms with Crippen LogP contribution in [0.15, 0.2) is 24.3 Å². The molecule has 0 aliphatic carbocycles. The minimum atomic E-state index is -1.20. The summed E-state index contributed by atoms with van der Waals surface area (Å²) in [4.78, 5) is 11.6. The number of amides is 1. The van der Waals surface area contributed by atoms with Crippen LogP contribution in [0.3, 0.4) is 0 Å². The molecular weight excluding hydrogens is 238 g/mol. The molecule has 0 aromatic heterocycles. The van der Waals surface area contributed by atoms with Crippen LogP contribution in [0.1, 0.15) is 12.0 Å². The average molecular weight is 255 g/mol. The van der Waals surface area contributed by atoms with Crippen LogP contribution >= 0.6 is 0 Å². The molecule has 0 saturated heterocycles. The van der Waals surface area contributed by atoms with Crippen molar-refractivity contribution in [3.05, 3.63) is 29.8 Å². The van der Waals surface area contributed by atoms with Crippen LogP contribution in [-0.4, -0.2) is 33.3 Å². The third-order valence-electron chi connectivity index (χ3n) is 2.24. The summed E-state index contributed by atoms with van der Waals surface area (Å²) in [6.45, 7) is 1.91. The highest BCUT2D eigenvalue weighted by atomic mass is 32.2. The van der Waals surface area contributed by atoms with Crippen molar-refractivity contribution < 1.29 is 14.1 Å². The summed E-state index contributed by atoms with van der Waals surface area (Å²) in [7, 11) is -1.20. The van der Waals surface area contributed by atoms with Gasteiger partial charge in [-0.3, -0.25) is 9.00 Å². The lowest BCUT2D eigenvalue weighted by molar-refractivity contribution is -0.113. The maximum Gasteiger partial charge on any atom is 0.236 e. The molecule has 0 saturated carbocycles. The smallest absolute Gasteiger partial charge is 0.236 e. The minimum absolute atomic E-state index is 0.00511. The molecule has 0 spiro atoms. The van der Waals surface area contributed by atoms with Gasteiger partial charge in [0.15, 0.2) is 0 Å². The molecule has 0 fully saturated rings. The Morgan fingerprint density at radius 1 is 1.41 bits per heavy atom. The highest BCUT2D eigenvalue weighted by molar-refractivity contribution is 7.85. The Balaban J connectivity index is 2.45. The quantitative estimate of drug-likeness (QED) is 0.799. The van der Waals surface area contributed by atoms with Crippen LogP contribution in [0, 0.1) is 6.92 Å². The zero-order chi connectivity index (χ0) is 12.7. The summed E-state index contributed by atoms with van der Waals surface area (Å²) in [5.74, 6) is 0.0852. The number of hydrogen-bond acceptors (Lipinski definition) is 3. The molecule has 1 amide bonds. The van der Waals surface area contributed by atoms with Gasteiger partial charge in [0.25, 0.3) is 0 Å². The summed E-state index contributed by atoms with van der Waals surface area (Å²) >= 11 is 0. The molecule has 1 unspecified atom stereocenters. The lowest BCUT2D eigenvalue weighted by Gasteiger charge is -2.07. The second kappa shape index (κ2) is 7.19. The van der Waals surface area contributed by atoms with Crippen LogP contribution < -0.4 is 5.32 Å². The lowest BCUT2D eigenvalue weighted by Crippen LogP contribution is -2.21. The lowest BCUT2D eigenvalue weighted by atomic mass is 10.2. The Morgan fingerprint density at radius 3 is 2.76 bits per heavy atom. The normalized spacial score (nSPS) is 12.1. The zero-order valence-electron chi connectivity index (χ0n) is 9.81. The first-order valence-corrected chi connectivity index (χ1v) is 6.93. The van der Waals surface area contributed by atoms with E-state index in [1.807, 2.05) is 31.2 Å². The van der Waals surface area contributed by atoms with E-state index in [1.54, 1.807) is 0 Å². The van der Waals surface area contributed by atoms with Gasteiger partial charge in [0.2, 0.25) is 5.91 Å². The van der Waals surface area contributed by atoms with Crippen molar-refractivity contribution in [3.8, 4) is 0 Å². The summed E-state index contributed by atoms with van der Waals surface area (Å²) in [5, 5.41) is 11.3. The van der Waals surface area contributed by atoms with Gasteiger partial charge in [0.05, 0.1) is 0 Å². The predicted octanol–water partition coefficient (Wildman–Crippen LogP) is 1.06. The van der Waals surface area contributed by atoms with Gasteiger partial charge < -0.3 is 10.4 Å². The largest absolute Gasteiger partial charge is 0.396 e. The highest BCUT2D eigenvalue weighted by Gasteiger charge is 2.08. The zero-order valence-corrected chi connectivity index (χ0v) is 10.6. The molecule has 0 aliphatic rings. The number of rotatable bonds is 6. The number of hydrogen-bond donors (Lipinski definition) is 2. The summed E-state index contributed by atoms with van der Waals surface area (Å²) in [5.41, 5.74) is 1.72. The second-order valence-electron chi connectivity index (χ2n) is 3.73. The molecule has 5 heteroatoms. The number of carbonyl (C=O) groups excluding carboxylic acids is 1. The molecule has 1 aromatic rings. The first-order chi connectivity index (χ1) is 8.13. The minimum Gasteiger partial charge on any atom is -0.396 e. The second-order valence-corrected chi connectivity index (χ2v) is 5.31. The number of para-hydroxylation sites is 1. The molecule has 94 valence electrons. The van der Waals surface area contributed by atoms with Crippen molar-refractivity contribution in [2.45, 2.75) is 13.3 Å². The fourth-order valence-corrected chi connectivity index (χ4v) is 2.30. The molecular formula is C12H17NO3S. The van der Waals surface area contributed by atoms with Gasteiger partial charge in [-0.15, -0.1) is 0 Å². The topological polar surface area (TPSA) is 66.4 Å². The fourth-order valence-electron chi connectivity index (χ4n) is 1.34. The van der Waals surface area contributed by atoms with Crippen molar-refractivity contribution in [3.63, 3.8) is 0 Å². The van der Waals surface area contributed by atoms with Crippen LogP contribution in [-0.2, 0) is 15.6 Å². The third-order valence-corrected chi connectivity index (χ3v) is 3.57. The number of aliphatic hydroxyl groups is 1. The summed E-state index contributed by atoms with van der Waals surface area (Å²) in [6.07, 6.45) is 0.463. The van der Waals surface area contributed by atoms with Crippen LogP contribution in [0.25, 0.3) is 0 Å². The van der Waals surface area contributed by atoms with E-state index >= 15 is 0 Å². The Labute approximate surface area is 104 Å². The van der Waals surface area contributed by atoms with Crippen molar-refractivity contribution in [1.29, 1.82) is 0 Å². The predicted molar refractivity (Wildman–Crippen MR) is 69.4 cm³/mol. The van der Waals surface area contributed by atoms with Gasteiger partial charge in [-0.05, 0) is 25.0 Å². The Bertz CT molecular complexity index is 406. The number of carbonyl (C=O) groups is 1. The number of nitrogens with one attached hydrogen (secondary N) is 1. The molecule has 0 radical (unpaired) electrons. The van der Waals surface area contributed by atoms with E-state index in [-0.39, 0.29) is 18.3 Å². The Kier molecular flexibility index (Phi) is 5.86. The third kappa shape index (κ3) is 5.10. The molecule has 0 bridgehead atoms. The molecule has 2 N–H and O–H groups in total. The van der Waals surface area contributed by atoms with E-state index in [1.165, 1.54) is 0 Å². The summed E-state index contributed by atoms with van der Waals surface area (Å²) < 4.78 is 11.4. The van der Waals surface area contributed by atoms with Gasteiger partial charge >= 0.3 is 0 Å². The van der Waals surface area contributed by atoms with Crippen molar-refractivity contribution in [1.82, 2.24) is 0 Å². The van der Waals surface area contributed by atoms with E-state index in [0.717, 1.165) is 11.3 Å². The van der Waals surface area contributed by atoms with E-state index < -0.39 is 10.8 Å². The maximum absolute atomic E-state index is 11.6. The maximum atomic E-state index is 11.6. The Morgan fingerprint density at radius 2 is 2.12 bits per heavy atom. The average Bonchev–Trinajstić information content (AvgIpc) is 2.29. The molecule has 0 aliphatic heterocycles. The number of aliphatic hydroxyl groups excluding tert-OH is 1. The van der Waals surface area contributed by atoms with Crippen LogP contribution in [0.5, 0.6) is 0 Å². The SMILES string of the molecule is Cc1ccccc1NC(=O)CS(=O)CCCO. The molecule has 1 rings (SSSR count). The number of aryl methyl sites for hydroxylation is 1. The van der Waals surface area contributed by atoms with Gasteiger partial charge in [0, 0.05) is 28.8 Å². The number of benzene rings is 1. The number of anilines is 1. The van der Waals surface area contributed by atoms with Crippen molar-refractivity contribution in [2.24, 2.45) is 0 Å². The first kappa shape index (κ1) is 13.9. The molecule has 0 heterocycles. The van der Waals surface area contributed by atoms with E-state index in [4.69, 9.17) is 5.11 Å². The molecule has 17 heavy (non-hydrogen) atoms. The van der Waals surface area contributed by atoms with Crippen LogP contribution in [0.2, 0.25) is 0 Å². The Hall–Kier alpha value is -1.20. The van der Waals surface area contributed by atoms with Gasteiger partial charge in [0.1, 0.15) is 5.75 Å². The molecule has 4 nitrogen and oxygen atoms in total. The first-order valence-electron chi connectivity index (χ1n) is 5.45. The highest BCUT2D eigenvalue weighted by Crippen LogP contribution is 2.12. The molecule has 1 atom stereocenters. The van der Waals surface area contributed by atoms with E-state index in [2.05, 4.69) is 5.32 Å². The summed E-state index contributed by atoms with van der Waals surface area (Å²) in [6, 6.07) is 7.44. The van der Waals surface area contributed by atoms with E-state index in [9.17, 15) is 9.00 Å². The fraction of sp³-hybridized carbons (Fsp3) is 0.417. The van der Waals surface area contributed by atoms with Gasteiger partial charge in [-0.2, -0.15) is 0 Å². The standard InChI is InChI=1S/C12H17NO3S/c1-10-5-2-3-6-11(10)13-12(15)9-17(16)8-4-7-14/h2-3,5-6,14H,4,7-9H2,1H3,(H,13,15). The van der Waals surface area contributed by atoms with Crippen molar-refractivity contribution in [2.75, 3.05) is 23.4 Å². The van der Waals surface area contributed by atoms with Crippen molar-refractivity contribution >= 4 is 22.4 Å².